The summed E-state index contributed by atoms with van der Waals surface area (Å²) in [7, 11) is -0.928. The Bertz CT molecular complexity index is 540. The SMILES string of the molecule is CC(C)N1CCN(C(=O)Nc2ccccc2C[S@](C)=O)CC1. The number of para-hydroxylation sites is 1. The summed E-state index contributed by atoms with van der Waals surface area (Å²) in [6.45, 7) is 7.66. The van der Waals surface area contributed by atoms with Crippen LogP contribution in [0.2, 0.25) is 0 Å². The summed E-state index contributed by atoms with van der Waals surface area (Å²) in [6.07, 6.45) is 1.67. The first-order valence-electron chi connectivity index (χ1n) is 7.65. The lowest BCUT2D eigenvalue weighted by Gasteiger charge is -2.36. The van der Waals surface area contributed by atoms with Crippen molar-refractivity contribution in [3.8, 4) is 0 Å². The number of nitrogens with one attached hydrogen (secondary N) is 1. The monoisotopic (exact) mass is 323 g/mol. The van der Waals surface area contributed by atoms with Gasteiger partial charge in [-0.2, -0.15) is 0 Å². The van der Waals surface area contributed by atoms with Crippen molar-refractivity contribution < 1.29 is 9.00 Å². The lowest BCUT2D eigenvalue weighted by molar-refractivity contribution is 0.125. The number of nitrogens with zero attached hydrogens (tertiary/aromatic N) is 2. The van der Waals surface area contributed by atoms with Gasteiger partial charge < -0.3 is 10.2 Å². The molecular formula is C16H25N3O2S. The molecule has 1 atom stereocenters. The van der Waals surface area contributed by atoms with Crippen molar-refractivity contribution in [2.75, 3.05) is 37.8 Å². The summed E-state index contributed by atoms with van der Waals surface area (Å²) < 4.78 is 11.4. The molecule has 1 heterocycles. The summed E-state index contributed by atoms with van der Waals surface area (Å²) in [5, 5.41) is 2.96. The predicted molar refractivity (Wildman–Crippen MR) is 91.5 cm³/mol. The zero-order valence-corrected chi connectivity index (χ0v) is 14.4. The molecule has 0 spiro atoms. The fourth-order valence-corrected chi connectivity index (χ4v) is 3.31. The normalized spacial score (nSPS) is 17.5. The van der Waals surface area contributed by atoms with Crippen LogP contribution < -0.4 is 5.32 Å². The van der Waals surface area contributed by atoms with E-state index in [9.17, 15) is 9.00 Å². The quantitative estimate of drug-likeness (QED) is 0.923. The first-order valence-corrected chi connectivity index (χ1v) is 9.38. The molecule has 5 nitrogen and oxygen atoms in total. The lowest BCUT2D eigenvalue weighted by atomic mass is 10.2. The number of rotatable bonds is 4. The maximum atomic E-state index is 12.4. The molecule has 1 N–H and O–H groups in total. The van der Waals surface area contributed by atoms with Gasteiger partial charge in [-0.15, -0.1) is 0 Å². The van der Waals surface area contributed by atoms with Gasteiger partial charge in [0.2, 0.25) is 0 Å². The smallest absolute Gasteiger partial charge is 0.321 e. The van der Waals surface area contributed by atoms with Crippen molar-refractivity contribution in [3.05, 3.63) is 29.8 Å². The Morgan fingerprint density at radius 2 is 1.86 bits per heavy atom. The number of hydrogen-bond acceptors (Lipinski definition) is 3. The zero-order chi connectivity index (χ0) is 16.1. The number of carbonyl (C=O) groups excluding carboxylic acids is 1. The largest absolute Gasteiger partial charge is 0.322 e. The predicted octanol–water partition coefficient (Wildman–Crippen LogP) is 2.12. The van der Waals surface area contributed by atoms with Crippen LogP contribution in [-0.4, -0.2) is 58.5 Å². The Kier molecular flexibility index (Phi) is 5.97. The number of urea groups is 1. The second kappa shape index (κ2) is 7.74. The molecule has 0 unspecified atom stereocenters. The summed E-state index contributed by atoms with van der Waals surface area (Å²) in [4.78, 5) is 16.6. The van der Waals surface area contributed by atoms with Crippen LogP contribution >= 0.6 is 0 Å². The number of piperazine rings is 1. The van der Waals surface area contributed by atoms with Crippen molar-refractivity contribution in [3.63, 3.8) is 0 Å². The van der Waals surface area contributed by atoms with E-state index >= 15 is 0 Å². The highest BCUT2D eigenvalue weighted by Gasteiger charge is 2.22. The molecule has 1 aliphatic rings. The molecule has 1 fully saturated rings. The third kappa shape index (κ3) is 4.55. The summed E-state index contributed by atoms with van der Waals surface area (Å²) >= 11 is 0. The van der Waals surface area contributed by atoms with Gasteiger partial charge in [-0.1, -0.05) is 18.2 Å². The standard InChI is InChI=1S/C16H25N3O2S/c1-13(2)18-8-10-19(11-9-18)16(20)17-15-7-5-4-6-14(15)12-22(3)21/h4-7,13H,8-12H2,1-3H3,(H,17,20)/t22-/m0/s1. The number of anilines is 1. The van der Waals surface area contributed by atoms with Crippen LogP contribution in [0, 0.1) is 0 Å². The molecule has 0 aliphatic carbocycles. The van der Waals surface area contributed by atoms with Crippen molar-refractivity contribution in [1.82, 2.24) is 9.80 Å². The van der Waals surface area contributed by atoms with Crippen LogP contribution in [-0.2, 0) is 16.6 Å². The molecule has 0 bridgehead atoms. The van der Waals surface area contributed by atoms with Crippen molar-refractivity contribution in [1.29, 1.82) is 0 Å². The van der Waals surface area contributed by atoms with E-state index in [-0.39, 0.29) is 6.03 Å². The molecule has 0 radical (unpaired) electrons. The zero-order valence-electron chi connectivity index (χ0n) is 13.5. The van der Waals surface area contributed by atoms with Gasteiger partial charge in [0.25, 0.3) is 0 Å². The molecule has 0 aromatic heterocycles. The van der Waals surface area contributed by atoms with E-state index in [0.717, 1.165) is 37.4 Å². The fraction of sp³-hybridized carbons (Fsp3) is 0.562. The summed E-state index contributed by atoms with van der Waals surface area (Å²) in [5.74, 6) is 0.456. The molecule has 2 amide bonds. The van der Waals surface area contributed by atoms with Crippen molar-refractivity contribution in [2.45, 2.75) is 25.6 Å². The third-order valence-electron chi connectivity index (χ3n) is 3.95. The fourth-order valence-electron chi connectivity index (χ4n) is 2.62. The number of hydrogen-bond donors (Lipinski definition) is 1. The van der Waals surface area contributed by atoms with E-state index in [0.29, 0.717) is 11.8 Å². The van der Waals surface area contributed by atoms with E-state index in [2.05, 4.69) is 24.1 Å². The van der Waals surface area contributed by atoms with Crippen LogP contribution in [0.4, 0.5) is 10.5 Å². The average Bonchev–Trinajstić information content (AvgIpc) is 2.48. The maximum Gasteiger partial charge on any atom is 0.321 e. The molecular weight excluding hydrogens is 298 g/mol. The molecule has 1 aromatic carbocycles. The minimum Gasteiger partial charge on any atom is -0.322 e. The number of carbonyl (C=O) groups is 1. The highest BCUT2D eigenvalue weighted by Crippen LogP contribution is 2.18. The molecule has 1 aliphatic heterocycles. The van der Waals surface area contributed by atoms with Gasteiger partial charge in [0, 0.05) is 55.0 Å². The lowest BCUT2D eigenvalue weighted by Crippen LogP contribution is -2.51. The van der Waals surface area contributed by atoms with Gasteiger partial charge in [-0.3, -0.25) is 9.11 Å². The number of benzene rings is 1. The van der Waals surface area contributed by atoms with Gasteiger partial charge in [-0.05, 0) is 25.5 Å². The highest BCUT2D eigenvalue weighted by atomic mass is 32.2. The van der Waals surface area contributed by atoms with Gasteiger partial charge in [0.05, 0.1) is 5.75 Å². The second-order valence-corrected chi connectivity index (χ2v) is 7.36. The van der Waals surface area contributed by atoms with Crippen LogP contribution in [0.25, 0.3) is 0 Å². The van der Waals surface area contributed by atoms with Gasteiger partial charge in [0.15, 0.2) is 0 Å². The molecule has 0 saturated carbocycles. The van der Waals surface area contributed by atoms with E-state index in [4.69, 9.17) is 0 Å². The minimum atomic E-state index is -0.928. The average molecular weight is 323 g/mol. The number of amides is 2. The first kappa shape index (κ1) is 17.0. The molecule has 22 heavy (non-hydrogen) atoms. The van der Waals surface area contributed by atoms with Crippen LogP contribution in [0.5, 0.6) is 0 Å². The van der Waals surface area contributed by atoms with Crippen LogP contribution in [0.3, 0.4) is 0 Å². The first-order chi connectivity index (χ1) is 10.5. The molecule has 122 valence electrons. The molecule has 2 rings (SSSR count). The summed E-state index contributed by atoms with van der Waals surface area (Å²) in [5.41, 5.74) is 1.67. The molecule has 6 heteroatoms. The van der Waals surface area contributed by atoms with Gasteiger partial charge >= 0.3 is 6.03 Å². The van der Waals surface area contributed by atoms with E-state index in [1.807, 2.05) is 29.2 Å². The third-order valence-corrected chi connectivity index (χ3v) is 4.67. The Hall–Kier alpha value is -1.40. The van der Waals surface area contributed by atoms with Gasteiger partial charge in [-0.25, -0.2) is 4.79 Å². The Morgan fingerprint density at radius 1 is 1.23 bits per heavy atom. The van der Waals surface area contributed by atoms with Crippen molar-refractivity contribution in [2.24, 2.45) is 0 Å². The van der Waals surface area contributed by atoms with E-state index < -0.39 is 10.8 Å². The summed E-state index contributed by atoms with van der Waals surface area (Å²) in [6, 6.07) is 8.01. The maximum absolute atomic E-state index is 12.4. The Balaban J connectivity index is 1.97. The van der Waals surface area contributed by atoms with Gasteiger partial charge in [0.1, 0.15) is 0 Å². The van der Waals surface area contributed by atoms with Crippen LogP contribution in [0.15, 0.2) is 24.3 Å². The van der Waals surface area contributed by atoms with Crippen molar-refractivity contribution >= 4 is 22.5 Å². The molecule has 1 saturated heterocycles. The molecule has 1 aromatic rings. The topological polar surface area (TPSA) is 52.6 Å². The minimum absolute atomic E-state index is 0.0715. The Labute approximate surface area is 135 Å². The van der Waals surface area contributed by atoms with Crippen LogP contribution in [0.1, 0.15) is 19.4 Å². The van der Waals surface area contributed by atoms with E-state index in [1.54, 1.807) is 6.26 Å². The highest BCUT2D eigenvalue weighted by molar-refractivity contribution is 7.83. The van der Waals surface area contributed by atoms with E-state index in [1.165, 1.54) is 0 Å². The Morgan fingerprint density at radius 3 is 2.45 bits per heavy atom. The second-order valence-electron chi connectivity index (χ2n) is 5.92.